The van der Waals surface area contributed by atoms with Gasteiger partial charge in [-0.1, -0.05) is 0 Å². The number of aromatic hydroxyl groups is 1. The molecule has 0 radical (unpaired) electrons. The van der Waals surface area contributed by atoms with Crippen molar-refractivity contribution in [3.05, 3.63) is 41.1 Å². The highest BCUT2D eigenvalue weighted by molar-refractivity contribution is 5.78. The molecule has 0 saturated carbocycles. The fourth-order valence-corrected chi connectivity index (χ4v) is 4.44. The van der Waals surface area contributed by atoms with Crippen molar-refractivity contribution >= 4 is 12.4 Å². The molecule has 3 rings (SSSR count). The van der Waals surface area contributed by atoms with Gasteiger partial charge in [0.2, 0.25) is 0 Å². The average Bonchev–Trinajstić information content (AvgIpc) is 3.05. The lowest BCUT2D eigenvalue weighted by molar-refractivity contribution is -0.274. The van der Waals surface area contributed by atoms with Gasteiger partial charge in [-0.3, -0.25) is 4.99 Å². The molecule has 0 amide bonds. The highest BCUT2D eigenvalue weighted by Gasteiger charge is 2.37. The molecule has 2 heterocycles. The fraction of sp³-hybridized carbons (Fsp3) is 0.500. The lowest BCUT2D eigenvalue weighted by Gasteiger charge is -2.38. The molecule has 5 nitrogen and oxygen atoms in total. The number of benzene rings is 1. The maximum Gasteiger partial charge on any atom is 0.573 e. The predicted molar refractivity (Wildman–Crippen MR) is 112 cm³/mol. The van der Waals surface area contributed by atoms with Crippen molar-refractivity contribution < 1.29 is 23.0 Å². The number of aliphatic imine (C=N–C) groups is 1. The zero-order chi connectivity index (χ0) is 22.1. The van der Waals surface area contributed by atoms with Gasteiger partial charge in [-0.25, -0.2) is 0 Å². The fourth-order valence-electron chi connectivity index (χ4n) is 4.44. The standard InChI is InChI=1S/C22H28F3N3O2/c1-14-11-19(29)21(20(12-14)30-22(23,24)25)17(26-3)6-5-15(2)28-10-8-16-7-9-27(4)13-18(16)28/h5-6,11-12,16,18,29H,3,7-10,13H2,1-2,4H3/b15-5+,17-6-/t16-,18-/m0/s1. The summed E-state index contributed by atoms with van der Waals surface area (Å²) in [5.74, 6) is -0.174. The van der Waals surface area contributed by atoms with Gasteiger partial charge in [-0.2, -0.15) is 0 Å². The third kappa shape index (κ3) is 4.98. The summed E-state index contributed by atoms with van der Waals surface area (Å²) in [4.78, 5) is 8.53. The number of nitrogens with zero attached hydrogens (tertiary/aromatic N) is 3. The van der Waals surface area contributed by atoms with E-state index in [2.05, 4.69) is 33.3 Å². The molecular formula is C22H28F3N3O2. The maximum atomic E-state index is 12.9. The van der Waals surface area contributed by atoms with E-state index in [-0.39, 0.29) is 17.0 Å². The number of aryl methyl sites for hydroxylation is 1. The molecule has 2 saturated heterocycles. The Kier molecular flexibility index (Phi) is 6.45. The minimum atomic E-state index is -4.88. The van der Waals surface area contributed by atoms with E-state index in [1.165, 1.54) is 18.6 Å². The molecule has 0 aromatic heterocycles. The van der Waals surface area contributed by atoms with E-state index < -0.39 is 12.1 Å². The van der Waals surface area contributed by atoms with Gasteiger partial charge in [0.15, 0.2) is 0 Å². The van der Waals surface area contributed by atoms with E-state index >= 15 is 0 Å². The van der Waals surface area contributed by atoms with Crippen molar-refractivity contribution in [2.45, 2.75) is 39.1 Å². The van der Waals surface area contributed by atoms with Gasteiger partial charge in [0.05, 0.1) is 11.3 Å². The normalized spacial score (nSPS) is 23.5. The topological polar surface area (TPSA) is 48.3 Å². The highest BCUT2D eigenvalue weighted by Crippen LogP contribution is 2.39. The summed E-state index contributed by atoms with van der Waals surface area (Å²) in [7, 11) is 2.12. The second-order valence-corrected chi connectivity index (χ2v) is 8.08. The monoisotopic (exact) mass is 423 g/mol. The number of likely N-dealkylation sites (N-methyl/N-ethyl adjacent to an activating group) is 1. The minimum absolute atomic E-state index is 0.114. The average molecular weight is 423 g/mol. The van der Waals surface area contributed by atoms with Crippen LogP contribution in [0.15, 0.2) is 35.0 Å². The van der Waals surface area contributed by atoms with Gasteiger partial charge in [0, 0.05) is 24.8 Å². The van der Waals surface area contributed by atoms with E-state index in [9.17, 15) is 18.3 Å². The molecule has 1 aromatic rings. The van der Waals surface area contributed by atoms with Gasteiger partial charge >= 0.3 is 6.36 Å². The van der Waals surface area contributed by atoms with Crippen molar-refractivity contribution in [2.24, 2.45) is 10.9 Å². The number of hydrogen-bond acceptors (Lipinski definition) is 5. The second-order valence-electron chi connectivity index (χ2n) is 8.08. The number of allylic oxidation sites excluding steroid dienone is 3. The number of piperidine rings is 1. The number of fused-ring (bicyclic) bond motifs is 1. The van der Waals surface area contributed by atoms with Crippen LogP contribution in [0.2, 0.25) is 0 Å². The molecule has 2 aliphatic heterocycles. The van der Waals surface area contributed by atoms with E-state index in [1.807, 2.05) is 13.0 Å². The molecule has 8 heteroatoms. The van der Waals surface area contributed by atoms with Crippen LogP contribution in [0.3, 0.4) is 0 Å². The van der Waals surface area contributed by atoms with E-state index in [1.54, 1.807) is 13.0 Å². The number of phenols is 1. The number of rotatable bonds is 5. The molecule has 1 aromatic carbocycles. The summed E-state index contributed by atoms with van der Waals surface area (Å²) in [5, 5.41) is 10.3. The Labute approximate surface area is 175 Å². The zero-order valence-corrected chi connectivity index (χ0v) is 17.5. The number of ether oxygens (including phenoxy) is 1. The summed E-state index contributed by atoms with van der Waals surface area (Å²) in [6.45, 7) is 10.1. The quantitative estimate of drug-likeness (QED) is 0.557. The first-order chi connectivity index (χ1) is 14.1. The number of phenolic OH excluding ortho intramolecular Hbond substituents is 1. The van der Waals surface area contributed by atoms with E-state index in [4.69, 9.17) is 0 Å². The van der Waals surface area contributed by atoms with Gasteiger partial charge < -0.3 is 19.6 Å². The molecule has 2 fully saturated rings. The molecule has 2 aliphatic rings. The predicted octanol–water partition coefficient (Wildman–Crippen LogP) is 4.57. The second kappa shape index (κ2) is 8.71. The van der Waals surface area contributed by atoms with Gasteiger partial charge in [0.25, 0.3) is 0 Å². The smallest absolute Gasteiger partial charge is 0.507 e. The summed E-state index contributed by atoms with van der Waals surface area (Å²) in [6.07, 6.45) is 0.829. The van der Waals surface area contributed by atoms with Crippen LogP contribution in [0.4, 0.5) is 13.2 Å². The Morgan fingerprint density at radius 3 is 2.63 bits per heavy atom. The Balaban J connectivity index is 1.91. The first-order valence-electron chi connectivity index (χ1n) is 9.99. The molecular weight excluding hydrogens is 395 g/mol. The van der Waals surface area contributed by atoms with Crippen molar-refractivity contribution in [3.8, 4) is 11.5 Å². The molecule has 0 aliphatic carbocycles. The van der Waals surface area contributed by atoms with Gasteiger partial charge in [-0.15, -0.1) is 13.2 Å². The molecule has 2 atom stereocenters. The third-order valence-corrected chi connectivity index (χ3v) is 5.88. The molecule has 0 spiro atoms. The van der Waals surface area contributed by atoms with Crippen LogP contribution in [-0.2, 0) is 0 Å². The van der Waals surface area contributed by atoms with Crippen LogP contribution in [-0.4, -0.2) is 60.7 Å². The van der Waals surface area contributed by atoms with Crippen LogP contribution in [0.1, 0.15) is 30.9 Å². The molecule has 0 unspecified atom stereocenters. The Morgan fingerprint density at radius 1 is 1.27 bits per heavy atom. The van der Waals surface area contributed by atoms with Crippen LogP contribution in [0.5, 0.6) is 11.5 Å². The Morgan fingerprint density at radius 2 is 1.97 bits per heavy atom. The minimum Gasteiger partial charge on any atom is -0.507 e. The van der Waals surface area contributed by atoms with E-state index in [0.29, 0.717) is 17.5 Å². The Bertz CT molecular complexity index is 864. The number of hydrogen-bond donors (Lipinski definition) is 1. The lowest BCUT2D eigenvalue weighted by atomic mass is 9.92. The van der Waals surface area contributed by atoms with Crippen LogP contribution >= 0.6 is 0 Å². The lowest BCUT2D eigenvalue weighted by Crippen LogP contribution is -2.45. The maximum absolute atomic E-state index is 12.9. The first-order valence-corrected chi connectivity index (χ1v) is 9.99. The first kappa shape index (κ1) is 22.2. The largest absolute Gasteiger partial charge is 0.573 e. The number of alkyl halides is 3. The van der Waals surface area contributed by atoms with Crippen molar-refractivity contribution in [1.29, 1.82) is 0 Å². The zero-order valence-electron chi connectivity index (χ0n) is 17.5. The number of halogens is 3. The van der Waals surface area contributed by atoms with Crippen molar-refractivity contribution in [3.63, 3.8) is 0 Å². The van der Waals surface area contributed by atoms with Crippen LogP contribution in [0, 0.1) is 12.8 Å². The third-order valence-electron chi connectivity index (χ3n) is 5.88. The summed E-state index contributed by atoms with van der Waals surface area (Å²) < 4.78 is 42.7. The molecule has 164 valence electrons. The molecule has 30 heavy (non-hydrogen) atoms. The Hall–Kier alpha value is -2.48. The van der Waals surface area contributed by atoms with Crippen LogP contribution < -0.4 is 4.74 Å². The SMILES string of the molecule is C=N/C(=C\C=C(/C)N1CC[C@@H]2CCN(C)C[C@@H]21)c1c(O)cc(C)cc1OC(F)(F)F. The number of likely N-dealkylation sites (tertiary alicyclic amines) is 2. The van der Waals surface area contributed by atoms with Gasteiger partial charge in [0.1, 0.15) is 11.5 Å². The molecule has 0 bridgehead atoms. The van der Waals surface area contributed by atoms with Crippen LogP contribution in [0.25, 0.3) is 5.70 Å². The summed E-state index contributed by atoms with van der Waals surface area (Å²) in [6, 6.07) is 3.03. The highest BCUT2D eigenvalue weighted by atomic mass is 19.4. The summed E-state index contributed by atoms with van der Waals surface area (Å²) in [5.41, 5.74) is 1.43. The van der Waals surface area contributed by atoms with Crippen molar-refractivity contribution in [1.82, 2.24) is 9.80 Å². The molecule has 1 N–H and O–H groups in total. The summed E-state index contributed by atoms with van der Waals surface area (Å²) >= 11 is 0. The van der Waals surface area contributed by atoms with Gasteiger partial charge in [-0.05, 0) is 82.8 Å². The van der Waals surface area contributed by atoms with Crippen molar-refractivity contribution in [2.75, 3.05) is 26.7 Å². The van der Waals surface area contributed by atoms with E-state index in [0.717, 1.165) is 31.8 Å².